The molecule has 0 saturated carbocycles. The highest BCUT2D eigenvalue weighted by molar-refractivity contribution is 5.88. The Morgan fingerprint density at radius 2 is 2.30 bits per heavy atom. The maximum atomic E-state index is 13.8. The Kier molecular flexibility index (Phi) is 3.93. The van der Waals surface area contributed by atoms with Crippen molar-refractivity contribution in [1.29, 1.82) is 5.26 Å². The normalized spacial score (nSPS) is 17.7. The van der Waals surface area contributed by atoms with Crippen molar-refractivity contribution in [1.82, 2.24) is 14.8 Å². The zero-order valence-electron chi connectivity index (χ0n) is 12.3. The van der Waals surface area contributed by atoms with Crippen LogP contribution in [0.25, 0.3) is 0 Å². The summed E-state index contributed by atoms with van der Waals surface area (Å²) in [6.07, 6.45) is 3.19. The molecule has 1 atom stereocenters. The molecule has 0 spiro atoms. The Hall–Kier alpha value is -2.95. The topological polar surface area (TPSA) is 101 Å². The first-order chi connectivity index (χ1) is 11.1. The standard InChI is InChI=1S/C15H15FN6O/c16-12-4-1-5-13(11(12)7-17)21-6-2-3-10(8-21)22-9-19-15(20-22)14(18)23/h1,4-5,9-10H,2-3,6,8H2,(H2,18,23). The molecule has 1 saturated heterocycles. The minimum atomic E-state index is -0.673. The molecule has 1 aliphatic heterocycles. The van der Waals surface area contributed by atoms with E-state index in [1.165, 1.54) is 12.4 Å². The van der Waals surface area contributed by atoms with Gasteiger partial charge in [-0.25, -0.2) is 14.1 Å². The first kappa shape index (κ1) is 15.0. The molecule has 1 aliphatic rings. The number of nitriles is 1. The van der Waals surface area contributed by atoms with Crippen LogP contribution in [-0.2, 0) is 0 Å². The summed E-state index contributed by atoms with van der Waals surface area (Å²) >= 11 is 0. The van der Waals surface area contributed by atoms with Gasteiger partial charge in [-0.05, 0) is 25.0 Å². The fourth-order valence-corrected chi connectivity index (χ4v) is 2.84. The molecule has 0 radical (unpaired) electrons. The Bertz CT molecular complexity index is 781. The number of hydrogen-bond donors (Lipinski definition) is 1. The third-order valence-electron chi connectivity index (χ3n) is 3.94. The van der Waals surface area contributed by atoms with Gasteiger partial charge in [0.25, 0.3) is 5.91 Å². The van der Waals surface area contributed by atoms with E-state index < -0.39 is 11.7 Å². The number of nitrogens with zero attached hydrogens (tertiary/aromatic N) is 5. The molecule has 3 rings (SSSR count). The van der Waals surface area contributed by atoms with Crippen molar-refractivity contribution in [2.45, 2.75) is 18.9 Å². The first-order valence-corrected chi connectivity index (χ1v) is 7.24. The molecule has 0 bridgehead atoms. The van der Waals surface area contributed by atoms with E-state index in [9.17, 15) is 14.4 Å². The molecular weight excluding hydrogens is 299 g/mol. The second-order valence-corrected chi connectivity index (χ2v) is 5.40. The van der Waals surface area contributed by atoms with Crippen molar-refractivity contribution in [2.24, 2.45) is 5.73 Å². The molecule has 23 heavy (non-hydrogen) atoms. The van der Waals surface area contributed by atoms with Gasteiger partial charge in [-0.3, -0.25) is 4.79 Å². The van der Waals surface area contributed by atoms with Gasteiger partial charge in [0.2, 0.25) is 5.82 Å². The lowest BCUT2D eigenvalue weighted by atomic mass is 10.0. The molecule has 2 N–H and O–H groups in total. The quantitative estimate of drug-likeness (QED) is 0.918. The van der Waals surface area contributed by atoms with Crippen LogP contribution in [-0.4, -0.2) is 33.8 Å². The number of rotatable bonds is 3. The third kappa shape index (κ3) is 2.85. The van der Waals surface area contributed by atoms with Gasteiger partial charge in [-0.15, -0.1) is 5.10 Å². The van der Waals surface area contributed by atoms with Crippen LogP contribution in [0.3, 0.4) is 0 Å². The third-order valence-corrected chi connectivity index (χ3v) is 3.94. The number of halogens is 1. The van der Waals surface area contributed by atoms with Crippen molar-refractivity contribution in [3.8, 4) is 6.07 Å². The predicted octanol–water partition coefficient (Wildman–Crippen LogP) is 1.23. The number of anilines is 1. The molecule has 1 unspecified atom stereocenters. The van der Waals surface area contributed by atoms with E-state index in [2.05, 4.69) is 10.1 Å². The highest BCUT2D eigenvalue weighted by atomic mass is 19.1. The van der Waals surface area contributed by atoms with Gasteiger partial charge < -0.3 is 10.6 Å². The van der Waals surface area contributed by atoms with E-state index >= 15 is 0 Å². The van der Waals surface area contributed by atoms with Crippen LogP contribution in [0, 0.1) is 17.1 Å². The molecule has 8 heteroatoms. The minimum absolute atomic E-state index is 0.0147. The molecule has 1 amide bonds. The monoisotopic (exact) mass is 314 g/mol. The van der Waals surface area contributed by atoms with E-state index in [1.54, 1.807) is 16.8 Å². The first-order valence-electron chi connectivity index (χ1n) is 7.24. The van der Waals surface area contributed by atoms with E-state index in [0.717, 1.165) is 19.4 Å². The van der Waals surface area contributed by atoms with Crippen LogP contribution < -0.4 is 10.6 Å². The van der Waals surface area contributed by atoms with E-state index in [1.807, 2.05) is 11.0 Å². The van der Waals surface area contributed by atoms with Gasteiger partial charge in [-0.2, -0.15) is 5.26 Å². The highest BCUT2D eigenvalue weighted by Gasteiger charge is 2.25. The summed E-state index contributed by atoms with van der Waals surface area (Å²) in [5, 5.41) is 13.3. The average molecular weight is 314 g/mol. The Labute approximate surface area is 132 Å². The number of carbonyl (C=O) groups is 1. The lowest BCUT2D eigenvalue weighted by molar-refractivity contribution is 0.0990. The van der Waals surface area contributed by atoms with Crippen LogP contribution in [0.1, 0.15) is 35.1 Å². The molecule has 1 fully saturated rings. The number of carbonyl (C=O) groups excluding carboxylic acids is 1. The number of primary amides is 1. The van der Waals surface area contributed by atoms with Gasteiger partial charge in [-0.1, -0.05) is 6.07 Å². The number of nitrogens with two attached hydrogens (primary N) is 1. The van der Waals surface area contributed by atoms with Gasteiger partial charge in [0, 0.05) is 13.1 Å². The van der Waals surface area contributed by atoms with Gasteiger partial charge in [0.1, 0.15) is 23.8 Å². The van der Waals surface area contributed by atoms with Crippen molar-refractivity contribution in [3.05, 3.63) is 41.7 Å². The highest BCUT2D eigenvalue weighted by Crippen LogP contribution is 2.29. The van der Waals surface area contributed by atoms with Crippen LogP contribution >= 0.6 is 0 Å². The summed E-state index contributed by atoms with van der Waals surface area (Å²) in [5.74, 6) is -1.22. The van der Waals surface area contributed by atoms with Crippen LogP contribution in [0.2, 0.25) is 0 Å². The zero-order valence-corrected chi connectivity index (χ0v) is 12.3. The summed E-state index contributed by atoms with van der Waals surface area (Å²) in [7, 11) is 0. The van der Waals surface area contributed by atoms with Crippen LogP contribution in [0.15, 0.2) is 24.5 Å². The van der Waals surface area contributed by atoms with Crippen molar-refractivity contribution < 1.29 is 9.18 Å². The number of piperidine rings is 1. The van der Waals surface area contributed by atoms with E-state index in [4.69, 9.17) is 5.73 Å². The number of amides is 1. The molecule has 1 aromatic carbocycles. The minimum Gasteiger partial charge on any atom is -0.368 e. The maximum absolute atomic E-state index is 13.8. The summed E-state index contributed by atoms with van der Waals surface area (Å²) in [6.45, 7) is 1.28. The number of hydrogen-bond acceptors (Lipinski definition) is 5. The second kappa shape index (κ2) is 6.04. The lowest BCUT2D eigenvalue weighted by Gasteiger charge is -2.34. The Morgan fingerprint density at radius 1 is 1.48 bits per heavy atom. The van der Waals surface area contributed by atoms with Gasteiger partial charge in [0.15, 0.2) is 0 Å². The largest absolute Gasteiger partial charge is 0.368 e. The summed E-state index contributed by atoms with van der Waals surface area (Å²) in [5.41, 5.74) is 5.79. The average Bonchev–Trinajstić information content (AvgIpc) is 3.05. The van der Waals surface area contributed by atoms with Gasteiger partial charge >= 0.3 is 0 Å². The fourth-order valence-electron chi connectivity index (χ4n) is 2.84. The number of aromatic nitrogens is 3. The van der Waals surface area contributed by atoms with Crippen LogP contribution in [0.5, 0.6) is 0 Å². The summed E-state index contributed by atoms with van der Waals surface area (Å²) in [6, 6.07) is 6.51. The molecule has 0 aliphatic carbocycles. The fraction of sp³-hybridized carbons (Fsp3) is 0.333. The molecule has 118 valence electrons. The Morgan fingerprint density at radius 3 is 3.00 bits per heavy atom. The smallest absolute Gasteiger partial charge is 0.288 e. The van der Waals surface area contributed by atoms with Crippen molar-refractivity contribution >= 4 is 11.6 Å². The van der Waals surface area contributed by atoms with Crippen LogP contribution in [0.4, 0.5) is 10.1 Å². The SMILES string of the molecule is N#Cc1c(F)cccc1N1CCCC(n2cnc(C(N)=O)n2)C1. The summed E-state index contributed by atoms with van der Waals surface area (Å²) < 4.78 is 15.4. The molecule has 7 nitrogen and oxygen atoms in total. The molecule has 2 heterocycles. The maximum Gasteiger partial charge on any atom is 0.288 e. The molecule has 1 aromatic heterocycles. The van der Waals surface area contributed by atoms with Crippen molar-refractivity contribution in [3.63, 3.8) is 0 Å². The zero-order chi connectivity index (χ0) is 16.4. The van der Waals surface area contributed by atoms with E-state index in [0.29, 0.717) is 12.2 Å². The molecular formula is C15H15FN6O. The van der Waals surface area contributed by atoms with E-state index in [-0.39, 0.29) is 17.4 Å². The predicted molar refractivity (Wildman–Crippen MR) is 80.1 cm³/mol. The molecule has 2 aromatic rings. The lowest BCUT2D eigenvalue weighted by Crippen LogP contribution is -2.37. The summed E-state index contributed by atoms with van der Waals surface area (Å²) in [4.78, 5) is 16.9. The number of benzene rings is 1. The Balaban J connectivity index is 1.85. The van der Waals surface area contributed by atoms with Crippen molar-refractivity contribution in [2.75, 3.05) is 18.0 Å². The van der Waals surface area contributed by atoms with Gasteiger partial charge in [0.05, 0.1) is 11.7 Å². The second-order valence-electron chi connectivity index (χ2n) is 5.40.